The maximum Gasteiger partial charge on any atom is 0.164 e. The molecule has 0 unspecified atom stereocenters. The van der Waals surface area contributed by atoms with E-state index in [2.05, 4.69) is 0 Å². The second-order valence-corrected chi connectivity index (χ2v) is 8.74. The molecule has 2 heterocycles. The molecule has 118 valence electrons. The highest BCUT2D eigenvalue weighted by Gasteiger charge is 2.69. The molecule has 4 bridgehead atoms. The summed E-state index contributed by atoms with van der Waals surface area (Å²) >= 11 is 0. The molecule has 4 nitrogen and oxygen atoms in total. The van der Waals surface area contributed by atoms with Gasteiger partial charge in [-0.1, -0.05) is 0 Å². The zero-order valence-electron chi connectivity index (χ0n) is 13.1. The Labute approximate surface area is 126 Å². The summed E-state index contributed by atoms with van der Waals surface area (Å²) in [6.45, 7) is 5.11. The monoisotopic (exact) mass is 294 g/mol. The van der Waals surface area contributed by atoms with Gasteiger partial charge in [-0.3, -0.25) is 0 Å². The highest BCUT2D eigenvalue weighted by Crippen LogP contribution is 2.67. The summed E-state index contributed by atoms with van der Waals surface area (Å²) in [7, 11) is 0. The minimum absolute atomic E-state index is 0.0255. The van der Waals surface area contributed by atoms with E-state index >= 15 is 0 Å². The highest BCUT2D eigenvalue weighted by atomic mass is 17.2. The van der Waals surface area contributed by atoms with Crippen molar-refractivity contribution in [3.8, 4) is 0 Å². The summed E-state index contributed by atoms with van der Waals surface area (Å²) < 4.78 is 12.8. The van der Waals surface area contributed by atoms with E-state index in [0.29, 0.717) is 13.2 Å². The number of fused-ring (bicyclic) bond motifs is 1. The van der Waals surface area contributed by atoms with Crippen molar-refractivity contribution in [2.75, 3.05) is 13.2 Å². The molecule has 0 radical (unpaired) electrons. The Morgan fingerprint density at radius 2 is 1.48 bits per heavy atom. The van der Waals surface area contributed by atoms with Crippen LogP contribution in [0.15, 0.2) is 0 Å². The standard InChI is InChI=1S/C17H26O4/c1-15(2)20-14-9-18-19-10-17(14,21-15)16-6-11-3-12(7-16)5-13(4-11)8-16/h11-14H,3-10H2,1-2H3/t11?,12?,13?,14-,16?,17+/m1/s1. The van der Waals surface area contributed by atoms with Crippen LogP contribution in [0.25, 0.3) is 0 Å². The number of hydrogen-bond donors (Lipinski definition) is 0. The predicted octanol–water partition coefficient (Wildman–Crippen LogP) is 3.05. The minimum atomic E-state index is -0.523. The highest BCUT2D eigenvalue weighted by molar-refractivity contribution is 5.16. The van der Waals surface area contributed by atoms with Crippen molar-refractivity contribution in [2.45, 2.75) is 69.9 Å². The summed E-state index contributed by atoms with van der Waals surface area (Å²) in [5.41, 5.74) is -0.0330. The average Bonchev–Trinajstić information content (AvgIpc) is 2.68. The molecule has 4 heteroatoms. The summed E-state index contributed by atoms with van der Waals surface area (Å²) in [6, 6.07) is 0. The lowest BCUT2D eigenvalue weighted by molar-refractivity contribution is -0.379. The molecule has 0 aromatic heterocycles. The van der Waals surface area contributed by atoms with Crippen LogP contribution >= 0.6 is 0 Å². The molecular formula is C17H26O4. The van der Waals surface area contributed by atoms with Gasteiger partial charge in [0, 0.05) is 5.41 Å². The van der Waals surface area contributed by atoms with Crippen LogP contribution < -0.4 is 0 Å². The number of ether oxygens (including phenoxy) is 2. The van der Waals surface area contributed by atoms with Gasteiger partial charge < -0.3 is 9.47 Å². The van der Waals surface area contributed by atoms with Crippen molar-refractivity contribution in [1.82, 2.24) is 0 Å². The summed E-state index contributed by atoms with van der Waals surface area (Å²) in [6.07, 6.45) is 8.28. The molecule has 2 aliphatic heterocycles. The van der Waals surface area contributed by atoms with Gasteiger partial charge in [0.2, 0.25) is 0 Å². The molecular weight excluding hydrogens is 268 g/mol. The van der Waals surface area contributed by atoms with E-state index in [1.54, 1.807) is 0 Å². The van der Waals surface area contributed by atoms with Crippen molar-refractivity contribution in [1.29, 1.82) is 0 Å². The Morgan fingerprint density at radius 3 is 2.10 bits per heavy atom. The average molecular weight is 294 g/mol. The van der Waals surface area contributed by atoms with Crippen molar-refractivity contribution in [3.05, 3.63) is 0 Å². The van der Waals surface area contributed by atoms with Gasteiger partial charge in [-0.25, -0.2) is 9.78 Å². The first-order valence-corrected chi connectivity index (χ1v) is 8.63. The Balaban J connectivity index is 1.58. The van der Waals surface area contributed by atoms with Gasteiger partial charge in [-0.15, -0.1) is 0 Å². The van der Waals surface area contributed by atoms with E-state index in [1.165, 1.54) is 38.5 Å². The predicted molar refractivity (Wildman–Crippen MR) is 75.3 cm³/mol. The van der Waals surface area contributed by atoms with Crippen LogP contribution in [0.2, 0.25) is 0 Å². The second kappa shape index (κ2) is 4.02. The Morgan fingerprint density at radius 1 is 0.857 bits per heavy atom. The normalized spacial score (nSPS) is 57.4. The van der Waals surface area contributed by atoms with Crippen LogP contribution in [0.5, 0.6) is 0 Å². The molecule has 21 heavy (non-hydrogen) atoms. The van der Waals surface area contributed by atoms with Crippen LogP contribution in [0.4, 0.5) is 0 Å². The molecule has 0 N–H and O–H groups in total. The molecule has 6 rings (SSSR count). The van der Waals surface area contributed by atoms with Crippen LogP contribution in [-0.2, 0) is 19.2 Å². The lowest BCUT2D eigenvalue weighted by Crippen LogP contribution is -2.66. The maximum atomic E-state index is 6.60. The molecule has 2 atom stereocenters. The van der Waals surface area contributed by atoms with Crippen LogP contribution in [0.3, 0.4) is 0 Å². The van der Waals surface area contributed by atoms with E-state index in [1.807, 2.05) is 13.8 Å². The lowest BCUT2D eigenvalue weighted by atomic mass is 9.44. The van der Waals surface area contributed by atoms with Crippen LogP contribution in [0, 0.1) is 23.2 Å². The van der Waals surface area contributed by atoms with Crippen molar-refractivity contribution in [2.24, 2.45) is 23.2 Å². The Hall–Kier alpha value is -0.160. The fraction of sp³-hybridized carbons (Fsp3) is 1.00. The molecule has 4 saturated carbocycles. The smallest absolute Gasteiger partial charge is 0.164 e. The largest absolute Gasteiger partial charge is 0.342 e. The van der Waals surface area contributed by atoms with Crippen molar-refractivity contribution < 1.29 is 19.2 Å². The van der Waals surface area contributed by atoms with E-state index in [-0.39, 0.29) is 17.1 Å². The van der Waals surface area contributed by atoms with Gasteiger partial charge in [0.1, 0.15) is 24.9 Å². The zero-order chi connectivity index (χ0) is 14.3. The maximum absolute atomic E-state index is 6.60. The third-order valence-electron chi connectivity index (χ3n) is 6.89. The number of hydrogen-bond acceptors (Lipinski definition) is 4. The van der Waals surface area contributed by atoms with Gasteiger partial charge in [0.25, 0.3) is 0 Å². The molecule has 0 amide bonds. The molecule has 6 fully saturated rings. The molecule has 0 spiro atoms. The van der Waals surface area contributed by atoms with E-state index in [0.717, 1.165) is 17.8 Å². The fourth-order valence-corrected chi connectivity index (χ4v) is 6.73. The van der Waals surface area contributed by atoms with Crippen LogP contribution in [-0.4, -0.2) is 30.7 Å². The molecule has 2 saturated heterocycles. The van der Waals surface area contributed by atoms with Crippen molar-refractivity contribution in [3.63, 3.8) is 0 Å². The summed E-state index contributed by atoms with van der Waals surface area (Å²) in [4.78, 5) is 10.7. The van der Waals surface area contributed by atoms with Crippen molar-refractivity contribution >= 4 is 0 Å². The van der Waals surface area contributed by atoms with Crippen LogP contribution in [0.1, 0.15) is 52.4 Å². The minimum Gasteiger partial charge on any atom is -0.342 e. The fourth-order valence-electron chi connectivity index (χ4n) is 6.73. The van der Waals surface area contributed by atoms with Gasteiger partial charge >= 0.3 is 0 Å². The first-order valence-electron chi connectivity index (χ1n) is 8.63. The van der Waals surface area contributed by atoms with Gasteiger partial charge in [0.05, 0.1) is 0 Å². The van der Waals surface area contributed by atoms with E-state index in [4.69, 9.17) is 19.2 Å². The first-order chi connectivity index (χ1) is 10.0. The van der Waals surface area contributed by atoms with Gasteiger partial charge in [-0.05, 0) is 70.1 Å². The zero-order valence-corrected chi connectivity index (χ0v) is 13.1. The third kappa shape index (κ3) is 1.71. The quantitative estimate of drug-likeness (QED) is 0.697. The SMILES string of the molecule is CC1(C)O[C@@H]2COOC[C@]2(C23CC4CC(CC(C4)C2)C3)O1. The van der Waals surface area contributed by atoms with Gasteiger partial charge in [-0.2, -0.15) is 0 Å². The first kappa shape index (κ1) is 13.3. The van der Waals surface area contributed by atoms with E-state index < -0.39 is 5.79 Å². The Bertz CT molecular complexity index is 424. The van der Waals surface area contributed by atoms with Gasteiger partial charge in [0.15, 0.2) is 5.79 Å². The second-order valence-electron chi connectivity index (χ2n) is 8.74. The Kier molecular flexibility index (Phi) is 2.55. The molecule has 6 aliphatic rings. The summed E-state index contributed by atoms with van der Waals surface area (Å²) in [5.74, 6) is 2.19. The lowest BCUT2D eigenvalue weighted by Gasteiger charge is -2.63. The molecule has 0 aromatic carbocycles. The molecule has 4 aliphatic carbocycles. The summed E-state index contributed by atoms with van der Waals surface area (Å²) in [5, 5.41) is 0. The topological polar surface area (TPSA) is 36.9 Å². The molecule has 0 aromatic rings. The number of rotatable bonds is 1. The van der Waals surface area contributed by atoms with E-state index in [9.17, 15) is 0 Å². The third-order valence-corrected chi connectivity index (χ3v) is 6.89.